The second kappa shape index (κ2) is 4.70. The molecule has 6 heteroatoms. The minimum Gasteiger partial charge on any atom is -0.218 e. The molecule has 1 N–H and O–H groups in total. The normalized spacial score (nSPS) is 13.9. The molecule has 0 aromatic heterocycles. The Morgan fingerprint density at radius 1 is 1.33 bits per heavy atom. The van der Waals surface area contributed by atoms with E-state index in [0.29, 0.717) is 10.6 Å². The smallest absolute Gasteiger partial charge is 0.218 e. The van der Waals surface area contributed by atoms with Crippen LogP contribution in [0.5, 0.6) is 0 Å². The molecule has 15 heavy (non-hydrogen) atoms. The van der Waals surface area contributed by atoms with Gasteiger partial charge in [-0.15, -0.1) is 0 Å². The lowest BCUT2D eigenvalue weighted by Gasteiger charge is -2.14. The van der Waals surface area contributed by atoms with Gasteiger partial charge in [-0.25, -0.2) is 13.1 Å². The molecule has 1 unspecified atom stereocenters. The van der Waals surface area contributed by atoms with Gasteiger partial charge in [0.15, 0.2) is 0 Å². The first-order chi connectivity index (χ1) is 6.90. The van der Waals surface area contributed by atoms with Crippen molar-refractivity contribution < 1.29 is 8.42 Å². The maximum Gasteiger partial charge on any atom is 0.218 e. The number of hydrogen-bond acceptors (Lipinski definition) is 2. The molecule has 3 nitrogen and oxygen atoms in total. The van der Waals surface area contributed by atoms with Crippen molar-refractivity contribution in [2.24, 2.45) is 0 Å². The fraction of sp³-hybridized carbons (Fsp3) is 0.333. The maximum absolute atomic E-state index is 11.6. The summed E-state index contributed by atoms with van der Waals surface area (Å²) in [4.78, 5) is 0. The molecule has 84 valence electrons. The van der Waals surface area contributed by atoms with Crippen LogP contribution < -0.4 is 4.72 Å². The Balaban J connectivity index is 3.24. The summed E-state index contributed by atoms with van der Waals surface area (Å²) in [5, 5.41) is -0.0912. The Morgan fingerprint density at radius 2 is 1.93 bits per heavy atom. The highest BCUT2D eigenvalue weighted by Gasteiger charge is 2.23. The van der Waals surface area contributed by atoms with Crippen LogP contribution in [0.4, 0.5) is 0 Å². The maximum atomic E-state index is 11.6. The Bertz CT molecular complexity index is 459. The molecule has 1 aromatic carbocycles. The van der Waals surface area contributed by atoms with Crippen LogP contribution in [0.2, 0.25) is 10.0 Å². The fourth-order valence-corrected chi connectivity index (χ4v) is 2.60. The molecule has 1 rings (SSSR count). The molecule has 0 heterocycles. The molecule has 0 saturated carbocycles. The molecule has 0 aliphatic heterocycles. The highest BCUT2D eigenvalue weighted by Crippen LogP contribution is 2.32. The Labute approximate surface area is 99.4 Å². The van der Waals surface area contributed by atoms with Crippen molar-refractivity contribution in [2.75, 3.05) is 7.05 Å². The number of benzene rings is 1. The third-order valence-corrected chi connectivity index (χ3v) is 4.76. The Morgan fingerprint density at radius 3 is 2.47 bits per heavy atom. The van der Waals surface area contributed by atoms with E-state index in [0.717, 1.165) is 0 Å². The summed E-state index contributed by atoms with van der Waals surface area (Å²) in [5.41, 5.74) is 0.499. The number of rotatable bonds is 3. The van der Waals surface area contributed by atoms with Gasteiger partial charge in [-0.05, 0) is 25.6 Å². The number of halogens is 2. The van der Waals surface area contributed by atoms with Crippen LogP contribution in [-0.4, -0.2) is 15.5 Å². The van der Waals surface area contributed by atoms with Crippen molar-refractivity contribution in [3.63, 3.8) is 0 Å². The van der Waals surface area contributed by atoms with E-state index in [1.165, 1.54) is 7.05 Å². The topological polar surface area (TPSA) is 46.2 Å². The third kappa shape index (κ3) is 2.64. The largest absolute Gasteiger partial charge is 0.218 e. The Hall–Kier alpha value is -0.290. The van der Waals surface area contributed by atoms with Gasteiger partial charge in [0.05, 0.1) is 15.3 Å². The molecule has 0 saturated heterocycles. The Kier molecular flexibility index (Phi) is 4.00. The van der Waals surface area contributed by atoms with Crippen LogP contribution in [0, 0.1) is 0 Å². The van der Waals surface area contributed by atoms with E-state index >= 15 is 0 Å². The van der Waals surface area contributed by atoms with Gasteiger partial charge in [-0.3, -0.25) is 0 Å². The lowest BCUT2D eigenvalue weighted by Crippen LogP contribution is -2.24. The number of hydrogen-bond donors (Lipinski definition) is 1. The minimum atomic E-state index is -3.38. The predicted octanol–water partition coefficient (Wildman–Crippen LogP) is 2.60. The summed E-state index contributed by atoms with van der Waals surface area (Å²) in [7, 11) is -2.02. The SMILES string of the molecule is CNS(=O)(=O)C(C)c1cccc(Cl)c1Cl. The van der Waals surface area contributed by atoms with E-state index in [-0.39, 0.29) is 5.02 Å². The van der Waals surface area contributed by atoms with Gasteiger partial charge < -0.3 is 0 Å². The lowest BCUT2D eigenvalue weighted by atomic mass is 10.2. The quantitative estimate of drug-likeness (QED) is 0.915. The number of nitrogens with one attached hydrogen (secondary N) is 1. The van der Waals surface area contributed by atoms with Crippen molar-refractivity contribution in [3.8, 4) is 0 Å². The summed E-state index contributed by atoms with van der Waals surface area (Å²) in [6.07, 6.45) is 0. The molecule has 0 radical (unpaired) electrons. The molecular formula is C9H11Cl2NO2S. The van der Waals surface area contributed by atoms with Gasteiger partial charge in [0.25, 0.3) is 0 Å². The monoisotopic (exact) mass is 267 g/mol. The minimum absolute atomic E-state index is 0.283. The first-order valence-corrected chi connectivity index (χ1v) is 6.56. The predicted molar refractivity (Wildman–Crippen MR) is 62.9 cm³/mol. The van der Waals surface area contributed by atoms with Crippen molar-refractivity contribution >= 4 is 33.2 Å². The van der Waals surface area contributed by atoms with E-state index in [9.17, 15) is 8.42 Å². The van der Waals surface area contributed by atoms with E-state index < -0.39 is 15.3 Å². The second-order valence-electron chi connectivity index (χ2n) is 3.03. The third-order valence-electron chi connectivity index (χ3n) is 2.17. The van der Waals surface area contributed by atoms with Gasteiger partial charge in [-0.1, -0.05) is 35.3 Å². The van der Waals surface area contributed by atoms with E-state index in [1.807, 2.05) is 0 Å². The van der Waals surface area contributed by atoms with Crippen LogP contribution in [0.25, 0.3) is 0 Å². The van der Waals surface area contributed by atoms with Gasteiger partial charge >= 0.3 is 0 Å². The van der Waals surface area contributed by atoms with Crippen molar-refractivity contribution in [2.45, 2.75) is 12.2 Å². The fourth-order valence-electron chi connectivity index (χ4n) is 1.18. The van der Waals surface area contributed by atoms with Crippen LogP contribution in [0.3, 0.4) is 0 Å². The lowest BCUT2D eigenvalue weighted by molar-refractivity contribution is 0.578. The molecule has 0 amide bonds. The van der Waals surface area contributed by atoms with Crippen LogP contribution in [0.1, 0.15) is 17.7 Å². The van der Waals surface area contributed by atoms with Crippen LogP contribution in [0.15, 0.2) is 18.2 Å². The zero-order valence-corrected chi connectivity index (χ0v) is 10.6. The first kappa shape index (κ1) is 12.8. The van der Waals surface area contributed by atoms with Crippen molar-refractivity contribution in [3.05, 3.63) is 33.8 Å². The zero-order valence-electron chi connectivity index (χ0n) is 8.29. The molecule has 0 bridgehead atoms. The molecular weight excluding hydrogens is 257 g/mol. The van der Waals surface area contributed by atoms with Crippen LogP contribution in [-0.2, 0) is 10.0 Å². The summed E-state index contributed by atoms with van der Waals surface area (Å²) in [6.45, 7) is 1.56. The summed E-state index contributed by atoms with van der Waals surface area (Å²) < 4.78 is 25.4. The molecule has 0 aliphatic carbocycles. The standard InChI is InChI=1S/C9H11Cl2NO2S/c1-6(15(13,14)12-2)7-4-3-5-8(10)9(7)11/h3-6,12H,1-2H3. The average Bonchev–Trinajstić information content (AvgIpc) is 2.21. The van der Waals surface area contributed by atoms with Gasteiger partial charge in [0.1, 0.15) is 0 Å². The van der Waals surface area contributed by atoms with E-state index in [1.54, 1.807) is 25.1 Å². The summed E-state index contributed by atoms with van der Waals surface area (Å²) >= 11 is 11.7. The molecule has 0 fully saturated rings. The van der Waals surface area contributed by atoms with E-state index in [4.69, 9.17) is 23.2 Å². The van der Waals surface area contributed by atoms with Gasteiger partial charge in [0.2, 0.25) is 10.0 Å². The van der Waals surface area contributed by atoms with Crippen molar-refractivity contribution in [1.29, 1.82) is 0 Å². The highest BCUT2D eigenvalue weighted by atomic mass is 35.5. The highest BCUT2D eigenvalue weighted by molar-refractivity contribution is 7.89. The second-order valence-corrected chi connectivity index (χ2v) is 6.02. The zero-order chi connectivity index (χ0) is 11.6. The van der Waals surface area contributed by atoms with Gasteiger partial charge in [0, 0.05) is 0 Å². The molecule has 1 aromatic rings. The summed E-state index contributed by atoms with van der Waals surface area (Å²) in [5.74, 6) is 0. The first-order valence-electron chi connectivity index (χ1n) is 4.26. The molecule has 1 atom stereocenters. The van der Waals surface area contributed by atoms with Crippen molar-refractivity contribution in [1.82, 2.24) is 4.72 Å². The van der Waals surface area contributed by atoms with Gasteiger partial charge in [-0.2, -0.15) is 0 Å². The summed E-state index contributed by atoms with van der Waals surface area (Å²) in [6, 6.07) is 4.94. The van der Waals surface area contributed by atoms with Crippen LogP contribution >= 0.6 is 23.2 Å². The number of sulfonamides is 1. The average molecular weight is 268 g/mol. The molecule has 0 spiro atoms. The molecule has 0 aliphatic rings. The van der Waals surface area contributed by atoms with E-state index in [2.05, 4.69) is 4.72 Å².